The third kappa shape index (κ3) is 10.2. The van der Waals surface area contributed by atoms with Crippen LogP contribution in [0.4, 0.5) is 4.79 Å². The fourth-order valence-corrected chi connectivity index (χ4v) is 4.61. The van der Waals surface area contributed by atoms with Crippen LogP contribution in [-0.2, 0) is 14.3 Å². The van der Waals surface area contributed by atoms with Crippen LogP contribution in [0.25, 0.3) is 0 Å². The molecule has 2 unspecified atom stereocenters. The minimum Gasteiger partial charge on any atom is -0.508 e. The summed E-state index contributed by atoms with van der Waals surface area (Å²) in [7, 11) is 0. The molecule has 0 aromatic heterocycles. The van der Waals surface area contributed by atoms with Crippen molar-refractivity contribution >= 4 is 17.9 Å². The second kappa shape index (κ2) is 14.8. The summed E-state index contributed by atoms with van der Waals surface area (Å²) in [6.07, 6.45) is 7.63. The van der Waals surface area contributed by atoms with Gasteiger partial charge in [-0.3, -0.25) is 9.59 Å². The molecule has 2 atom stereocenters. The van der Waals surface area contributed by atoms with Crippen molar-refractivity contribution in [2.24, 2.45) is 0 Å². The molecule has 1 aromatic rings. The SMILES string of the molecule is CCCCCCN(C(=O)C(CO)NC(=O)OC(C)(C)C)C(C(=O)NC1CCCCC1)c1cccc(O)c1. The van der Waals surface area contributed by atoms with E-state index >= 15 is 0 Å². The number of hydrogen-bond donors (Lipinski definition) is 4. The third-order valence-electron chi connectivity index (χ3n) is 6.40. The first-order valence-electron chi connectivity index (χ1n) is 13.6. The average molecular weight is 520 g/mol. The number of phenols is 1. The molecule has 37 heavy (non-hydrogen) atoms. The van der Waals surface area contributed by atoms with Crippen LogP contribution in [0.3, 0.4) is 0 Å². The molecule has 1 saturated carbocycles. The molecule has 9 heteroatoms. The van der Waals surface area contributed by atoms with Gasteiger partial charge in [0.15, 0.2) is 0 Å². The minimum absolute atomic E-state index is 0.0167. The molecule has 0 saturated heterocycles. The van der Waals surface area contributed by atoms with Gasteiger partial charge in [0.25, 0.3) is 0 Å². The number of rotatable bonds is 12. The lowest BCUT2D eigenvalue weighted by molar-refractivity contribution is -0.143. The highest BCUT2D eigenvalue weighted by molar-refractivity contribution is 5.92. The summed E-state index contributed by atoms with van der Waals surface area (Å²) in [5.74, 6) is -0.941. The second-order valence-corrected chi connectivity index (χ2v) is 10.8. The number of unbranched alkanes of at least 4 members (excludes halogenated alkanes) is 3. The zero-order valence-corrected chi connectivity index (χ0v) is 22.8. The Bertz CT molecular complexity index is 879. The Morgan fingerprint density at radius 3 is 2.41 bits per heavy atom. The van der Waals surface area contributed by atoms with Crippen LogP contribution in [0, 0.1) is 0 Å². The highest BCUT2D eigenvalue weighted by atomic mass is 16.6. The highest BCUT2D eigenvalue weighted by Crippen LogP contribution is 2.27. The van der Waals surface area contributed by atoms with Crippen LogP contribution in [-0.4, -0.2) is 63.9 Å². The Hall–Kier alpha value is -2.81. The van der Waals surface area contributed by atoms with Crippen molar-refractivity contribution in [1.82, 2.24) is 15.5 Å². The van der Waals surface area contributed by atoms with Crippen LogP contribution in [0.1, 0.15) is 97.1 Å². The Morgan fingerprint density at radius 1 is 1.11 bits per heavy atom. The third-order valence-corrected chi connectivity index (χ3v) is 6.40. The zero-order chi connectivity index (χ0) is 27.4. The fraction of sp³-hybridized carbons (Fsp3) is 0.679. The van der Waals surface area contributed by atoms with Crippen LogP contribution >= 0.6 is 0 Å². The summed E-state index contributed by atoms with van der Waals surface area (Å²) in [6.45, 7) is 6.80. The van der Waals surface area contributed by atoms with E-state index in [4.69, 9.17) is 4.74 Å². The molecule has 4 N–H and O–H groups in total. The molecule has 0 spiro atoms. The van der Waals surface area contributed by atoms with Gasteiger partial charge in [-0.2, -0.15) is 0 Å². The molecule has 3 amide bonds. The van der Waals surface area contributed by atoms with E-state index in [0.29, 0.717) is 12.0 Å². The Morgan fingerprint density at radius 2 is 1.81 bits per heavy atom. The number of ether oxygens (including phenoxy) is 1. The van der Waals surface area contributed by atoms with Crippen LogP contribution in [0.5, 0.6) is 5.75 Å². The molecule has 1 fully saturated rings. The van der Waals surface area contributed by atoms with Crippen molar-refractivity contribution in [1.29, 1.82) is 0 Å². The number of hydrogen-bond acceptors (Lipinski definition) is 6. The van der Waals surface area contributed by atoms with Gasteiger partial charge in [-0.25, -0.2) is 4.79 Å². The van der Waals surface area contributed by atoms with E-state index in [0.717, 1.165) is 51.4 Å². The summed E-state index contributed by atoms with van der Waals surface area (Å²) < 4.78 is 5.28. The normalized spacial score (nSPS) is 15.9. The van der Waals surface area contributed by atoms with Gasteiger partial charge < -0.3 is 30.5 Å². The summed E-state index contributed by atoms with van der Waals surface area (Å²) in [5.41, 5.74) is -0.317. The maximum absolute atomic E-state index is 13.8. The lowest BCUT2D eigenvalue weighted by Gasteiger charge is -2.35. The van der Waals surface area contributed by atoms with Crippen molar-refractivity contribution in [3.63, 3.8) is 0 Å². The maximum atomic E-state index is 13.8. The smallest absolute Gasteiger partial charge is 0.408 e. The number of carbonyl (C=O) groups is 3. The predicted molar refractivity (Wildman–Crippen MR) is 142 cm³/mol. The van der Waals surface area contributed by atoms with Crippen LogP contribution < -0.4 is 10.6 Å². The molecule has 9 nitrogen and oxygen atoms in total. The number of aliphatic hydroxyl groups is 1. The number of nitrogens with zero attached hydrogens (tertiary/aromatic N) is 1. The Labute approximate surface area is 221 Å². The van der Waals surface area contributed by atoms with E-state index in [-0.39, 0.29) is 24.2 Å². The van der Waals surface area contributed by atoms with Crippen molar-refractivity contribution in [2.75, 3.05) is 13.2 Å². The molecule has 0 radical (unpaired) electrons. The number of alkyl carbamates (subject to hydrolysis) is 1. The number of aromatic hydroxyl groups is 1. The monoisotopic (exact) mass is 519 g/mol. The quantitative estimate of drug-likeness (QED) is 0.307. The van der Waals surface area contributed by atoms with Gasteiger partial charge in [0, 0.05) is 12.6 Å². The summed E-state index contributed by atoms with van der Waals surface area (Å²) in [6, 6.07) is 4.02. The van der Waals surface area contributed by atoms with E-state index < -0.39 is 36.3 Å². The first kappa shape index (κ1) is 30.4. The van der Waals surface area contributed by atoms with E-state index in [1.165, 1.54) is 17.0 Å². The van der Waals surface area contributed by atoms with Gasteiger partial charge in [0.05, 0.1) is 6.61 Å². The molecule has 1 aromatic carbocycles. The van der Waals surface area contributed by atoms with Gasteiger partial charge >= 0.3 is 6.09 Å². The van der Waals surface area contributed by atoms with Crippen LogP contribution in [0.15, 0.2) is 24.3 Å². The minimum atomic E-state index is -1.29. The standard InChI is InChI=1S/C28H45N3O6/c1-5-6-7-11-17-31(26(35)23(19-32)30-27(36)37-28(2,3)4)24(20-13-12-16-22(33)18-20)25(34)29-21-14-9-8-10-15-21/h12-13,16,18,21,23-24,32-33H,5-11,14-15,17,19H2,1-4H3,(H,29,34)(H,30,36). The number of phenolic OH excluding ortho intramolecular Hbond substituents is 1. The summed E-state index contributed by atoms with van der Waals surface area (Å²) in [4.78, 5) is 41.3. The first-order chi connectivity index (χ1) is 17.6. The van der Waals surface area contributed by atoms with Gasteiger partial charge in [0.1, 0.15) is 23.4 Å². The number of nitrogens with one attached hydrogen (secondary N) is 2. The van der Waals surface area contributed by atoms with Gasteiger partial charge in [-0.15, -0.1) is 0 Å². The number of amides is 3. The molecule has 1 aliphatic carbocycles. The largest absolute Gasteiger partial charge is 0.508 e. The van der Waals surface area contributed by atoms with Crippen molar-refractivity contribution < 1.29 is 29.3 Å². The summed E-state index contributed by atoms with van der Waals surface area (Å²) >= 11 is 0. The van der Waals surface area contributed by atoms with Gasteiger partial charge in [0.2, 0.25) is 11.8 Å². The molecule has 0 heterocycles. The maximum Gasteiger partial charge on any atom is 0.408 e. The van der Waals surface area contributed by atoms with Crippen molar-refractivity contribution in [3.8, 4) is 5.75 Å². The Kier molecular flexibility index (Phi) is 12.2. The van der Waals surface area contributed by atoms with E-state index in [1.807, 2.05) is 0 Å². The second-order valence-electron chi connectivity index (χ2n) is 10.8. The van der Waals surface area contributed by atoms with Crippen molar-refractivity contribution in [3.05, 3.63) is 29.8 Å². The molecule has 1 aliphatic rings. The molecule has 208 valence electrons. The molecule has 0 bridgehead atoms. The molecule has 2 rings (SSSR count). The molecule has 0 aliphatic heterocycles. The Balaban J connectivity index is 2.39. The fourth-order valence-electron chi connectivity index (χ4n) is 4.61. The number of aliphatic hydroxyl groups excluding tert-OH is 1. The predicted octanol–water partition coefficient (Wildman–Crippen LogP) is 4.18. The lowest BCUT2D eigenvalue weighted by Crippen LogP contribution is -2.55. The zero-order valence-electron chi connectivity index (χ0n) is 22.8. The van der Waals surface area contributed by atoms with Gasteiger partial charge in [-0.1, -0.05) is 57.6 Å². The van der Waals surface area contributed by atoms with Crippen LogP contribution in [0.2, 0.25) is 0 Å². The van der Waals surface area contributed by atoms with E-state index in [1.54, 1.807) is 32.9 Å². The highest BCUT2D eigenvalue weighted by Gasteiger charge is 2.36. The van der Waals surface area contributed by atoms with E-state index in [2.05, 4.69) is 17.6 Å². The molecular formula is C28H45N3O6. The average Bonchev–Trinajstić information content (AvgIpc) is 2.83. The van der Waals surface area contributed by atoms with E-state index in [9.17, 15) is 24.6 Å². The number of carbonyl (C=O) groups excluding carboxylic acids is 3. The van der Waals surface area contributed by atoms with Gasteiger partial charge in [-0.05, 0) is 57.7 Å². The lowest BCUT2D eigenvalue weighted by atomic mass is 9.94. The molecular weight excluding hydrogens is 474 g/mol. The number of benzene rings is 1. The topological polar surface area (TPSA) is 128 Å². The first-order valence-corrected chi connectivity index (χ1v) is 13.6. The van der Waals surface area contributed by atoms with Crippen molar-refractivity contribution in [2.45, 2.75) is 109 Å². The summed E-state index contributed by atoms with van der Waals surface area (Å²) in [5, 5.41) is 25.8.